The van der Waals surface area contributed by atoms with Gasteiger partial charge in [-0.2, -0.15) is 8.42 Å². The number of fused-ring (bicyclic) bond motifs is 1. The molecule has 0 amide bonds. The maximum atomic E-state index is 13.1. The van der Waals surface area contributed by atoms with Crippen LogP contribution in [0.5, 0.6) is 0 Å². The molecule has 0 saturated carbocycles. The summed E-state index contributed by atoms with van der Waals surface area (Å²) in [6, 6.07) is 8.01. The summed E-state index contributed by atoms with van der Waals surface area (Å²) in [7, 11) is -4.35. The molecular formula is C43H74O3S. The fourth-order valence-electron chi connectivity index (χ4n) is 7.57. The van der Waals surface area contributed by atoms with E-state index in [9.17, 15) is 13.0 Å². The van der Waals surface area contributed by atoms with Gasteiger partial charge in [-0.1, -0.05) is 199 Å². The van der Waals surface area contributed by atoms with E-state index in [0.29, 0.717) is 0 Å². The summed E-state index contributed by atoms with van der Waals surface area (Å²) in [5.41, 5.74) is 3.54. The lowest BCUT2D eigenvalue weighted by Crippen LogP contribution is -2.12. The zero-order chi connectivity index (χ0) is 34.0. The Morgan fingerprint density at radius 1 is 0.404 bits per heavy atom. The van der Waals surface area contributed by atoms with Crippen LogP contribution in [0.25, 0.3) is 10.8 Å². The lowest BCUT2D eigenvalue weighted by atomic mass is 9.86. The van der Waals surface area contributed by atoms with Crippen LogP contribution in [0.1, 0.15) is 211 Å². The highest BCUT2D eigenvalue weighted by molar-refractivity contribution is 7.86. The lowest BCUT2D eigenvalue weighted by molar-refractivity contribution is 0.482. The molecule has 0 bridgehead atoms. The highest BCUT2D eigenvalue weighted by atomic mass is 32.2. The standard InChI is InChI=1S/C43H74O3S/c1-4-7-10-13-16-19-22-25-28-33-38-39(34-29-26-23-20-17-14-11-8-5-2)41(36-30-27-24-21-18-15-12-9-6-3)43(47(44,45)46)42-37-32-31-35-40(38)42/h31-32,35,37H,4-30,33-34,36H2,1-3H3,(H,44,45,46). The van der Waals surface area contributed by atoms with E-state index in [0.717, 1.165) is 61.3 Å². The second-order valence-electron chi connectivity index (χ2n) is 14.5. The van der Waals surface area contributed by atoms with Gasteiger partial charge in [0, 0.05) is 5.39 Å². The van der Waals surface area contributed by atoms with Crippen molar-refractivity contribution < 1.29 is 13.0 Å². The normalized spacial score (nSPS) is 12.0. The molecule has 0 aliphatic carbocycles. The first-order valence-corrected chi connectivity index (χ1v) is 21.9. The van der Waals surface area contributed by atoms with Crippen LogP contribution in [0.2, 0.25) is 0 Å². The molecule has 0 saturated heterocycles. The van der Waals surface area contributed by atoms with Crippen LogP contribution < -0.4 is 0 Å². The number of unbranched alkanes of at least 4 members (excludes halogenated alkanes) is 24. The predicted octanol–water partition coefficient (Wildman–Crippen LogP) is 14.3. The molecule has 0 atom stereocenters. The van der Waals surface area contributed by atoms with Crippen LogP contribution in [0, 0.1) is 0 Å². The van der Waals surface area contributed by atoms with E-state index in [1.807, 2.05) is 18.2 Å². The molecule has 0 heterocycles. The van der Waals surface area contributed by atoms with Crippen molar-refractivity contribution in [3.05, 3.63) is 41.0 Å². The number of hydrogen-bond donors (Lipinski definition) is 1. The summed E-state index contributed by atoms with van der Waals surface area (Å²) in [5, 5.41) is 1.77. The van der Waals surface area contributed by atoms with Crippen molar-refractivity contribution in [1.29, 1.82) is 0 Å². The molecule has 3 nitrogen and oxygen atoms in total. The van der Waals surface area contributed by atoms with Gasteiger partial charge in [0.05, 0.1) is 0 Å². The first-order chi connectivity index (χ1) is 23.0. The Bertz CT molecular complexity index is 1170. The summed E-state index contributed by atoms with van der Waals surface area (Å²) in [6.45, 7) is 6.81. The van der Waals surface area contributed by atoms with Gasteiger partial charge in [-0.15, -0.1) is 0 Å². The molecule has 0 spiro atoms. The zero-order valence-electron chi connectivity index (χ0n) is 31.2. The topological polar surface area (TPSA) is 54.4 Å². The third-order valence-electron chi connectivity index (χ3n) is 10.3. The van der Waals surface area contributed by atoms with Crippen LogP contribution >= 0.6 is 0 Å². The Balaban J connectivity index is 2.22. The van der Waals surface area contributed by atoms with Crippen LogP contribution in [0.15, 0.2) is 29.2 Å². The van der Waals surface area contributed by atoms with Crippen molar-refractivity contribution >= 4 is 20.9 Å². The van der Waals surface area contributed by atoms with Crippen molar-refractivity contribution in [2.24, 2.45) is 0 Å². The monoisotopic (exact) mass is 671 g/mol. The average Bonchev–Trinajstić information content (AvgIpc) is 3.05. The minimum atomic E-state index is -4.35. The molecule has 1 N–H and O–H groups in total. The van der Waals surface area contributed by atoms with Crippen LogP contribution in [0.3, 0.4) is 0 Å². The van der Waals surface area contributed by atoms with Gasteiger partial charge in [0.1, 0.15) is 4.90 Å². The largest absolute Gasteiger partial charge is 0.295 e. The maximum Gasteiger partial charge on any atom is 0.295 e. The fraction of sp³-hybridized carbons (Fsp3) is 0.767. The molecule has 2 rings (SSSR count). The Kier molecular flexibility index (Phi) is 23.5. The second kappa shape index (κ2) is 26.5. The molecule has 270 valence electrons. The van der Waals surface area contributed by atoms with Gasteiger partial charge in [0.2, 0.25) is 0 Å². The van der Waals surface area contributed by atoms with Gasteiger partial charge in [-0.05, 0) is 60.6 Å². The summed E-state index contributed by atoms with van der Waals surface area (Å²) >= 11 is 0. The fourth-order valence-corrected chi connectivity index (χ4v) is 8.56. The number of benzene rings is 2. The molecule has 0 fully saturated rings. The number of aryl methyl sites for hydroxylation is 1. The highest BCUT2D eigenvalue weighted by Gasteiger charge is 2.25. The summed E-state index contributed by atoms with van der Waals surface area (Å²) in [4.78, 5) is 0.203. The summed E-state index contributed by atoms with van der Waals surface area (Å²) in [6.07, 6.45) is 37.1. The molecule has 4 heteroatoms. The molecule has 2 aromatic rings. The molecule has 0 unspecified atom stereocenters. The maximum absolute atomic E-state index is 13.1. The van der Waals surface area contributed by atoms with E-state index < -0.39 is 10.1 Å². The van der Waals surface area contributed by atoms with Gasteiger partial charge in [-0.25, -0.2) is 0 Å². The van der Waals surface area contributed by atoms with E-state index in [1.54, 1.807) is 0 Å². The van der Waals surface area contributed by atoms with Crippen molar-refractivity contribution in [3.63, 3.8) is 0 Å². The first-order valence-electron chi connectivity index (χ1n) is 20.5. The van der Waals surface area contributed by atoms with Gasteiger partial charge in [0.15, 0.2) is 0 Å². The molecule has 0 aliphatic rings. The number of hydrogen-bond acceptors (Lipinski definition) is 2. The Labute approximate surface area is 292 Å². The van der Waals surface area contributed by atoms with E-state index in [4.69, 9.17) is 0 Å². The van der Waals surface area contributed by atoms with Gasteiger partial charge >= 0.3 is 0 Å². The van der Waals surface area contributed by atoms with Crippen molar-refractivity contribution in [1.82, 2.24) is 0 Å². The molecular weight excluding hydrogens is 597 g/mol. The van der Waals surface area contributed by atoms with Gasteiger partial charge in [0.25, 0.3) is 10.1 Å². The van der Waals surface area contributed by atoms with Gasteiger partial charge < -0.3 is 0 Å². The summed E-state index contributed by atoms with van der Waals surface area (Å²) in [5.74, 6) is 0. The minimum Gasteiger partial charge on any atom is -0.282 e. The van der Waals surface area contributed by atoms with Crippen LogP contribution in [0.4, 0.5) is 0 Å². The quantitative estimate of drug-likeness (QED) is 0.0641. The molecule has 0 aromatic heterocycles. The SMILES string of the molecule is CCCCCCCCCCCc1c(CCCCCCCCCCC)c(S(=O)(=O)O)c2ccccc2c1CCCCCCCCCCC. The summed E-state index contributed by atoms with van der Waals surface area (Å²) < 4.78 is 36.9. The van der Waals surface area contributed by atoms with E-state index in [2.05, 4.69) is 26.8 Å². The van der Waals surface area contributed by atoms with E-state index in [-0.39, 0.29) is 4.90 Å². The van der Waals surface area contributed by atoms with Crippen LogP contribution in [-0.2, 0) is 29.4 Å². The Morgan fingerprint density at radius 3 is 1.06 bits per heavy atom. The van der Waals surface area contributed by atoms with Gasteiger partial charge in [-0.3, -0.25) is 4.55 Å². The van der Waals surface area contributed by atoms with Crippen molar-refractivity contribution in [2.45, 2.75) is 218 Å². The third-order valence-corrected chi connectivity index (χ3v) is 11.3. The molecule has 47 heavy (non-hydrogen) atoms. The Morgan fingerprint density at radius 2 is 0.702 bits per heavy atom. The van der Waals surface area contributed by atoms with Crippen molar-refractivity contribution in [2.75, 3.05) is 0 Å². The minimum absolute atomic E-state index is 0.203. The van der Waals surface area contributed by atoms with E-state index >= 15 is 0 Å². The predicted molar refractivity (Wildman–Crippen MR) is 207 cm³/mol. The van der Waals surface area contributed by atoms with E-state index in [1.165, 1.54) is 159 Å². The molecule has 0 radical (unpaired) electrons. The zero-order valence-corrected chi connectivity index (χ0v) is 32.0. The Hall–Kier alpha value is -1.39. The smallest absolute Gasteiger partial charge is 0.282 e. The van der Waals surface area contributed by atoms with Crippen molar-refractivity contribution in [3.8, 4) is 0 Å². The average molecular weight is 671 g/mol. The first kappa shape index (κ1) is 41.8. The third kappa shape index (κ3) is 17.2. The van der Waals surface area contributed by atoms with Crippen LogP contribution in [-0.4, -0.2) is 13.0 Å². The number of rotatable bonds is 31. The molecule has 2 aromatic carbocycles. The highest BCUT2D eigenvalue weighted by Crippen LogP contribution is 2.37. The second-order valence-corrected chi connectivity index (χ2v) is 15.9. The lowest BCUT2D eigenvalue weighted by Gasteiger charge is -2.22. The molecule has 0 aliphatic heterocycles.